The molecule has 140 valence electrons. The zero-order valence-electron chi connectivity index (χ0n) is 15.2. The molecular formula is C18H24N4O4. The van der Waals surface area contributed by atoms with E-state index in [-0.39, 0.29) is 11.5 Å². The number of rotatable bonds is 6. The summed E-state index contributed by atoms with van der Waals surface area (Å²) in [6.07, 6.45) is 2.55. The fourth-order valence-corrected chi connectivity index (χ4v) is 3.12. The highest BCUT2D eigenvalue weighted by atomic mass is 16.5. The first-order chi connectivity index (χ1) is 12.6. The van der Waals surface area contributed by atoms with Crippen LogP contribution in [0.15, 0.2) is 23.3 Å². The van der Waals surface area contributed by atoms with Gasteiger partial charge >= 0.3 is 0 Å². The van der Waals surface area contributed by atoms with E-state index in [1.54, 1.807) is 23.8 Å². The Labute approximate surface area is 151 Å². The van der Waals surface area contributed by atoms with Crippen molar-refractivity contribution >= 4 is 16.8 Å². The molecule has 1 aromatic carbocycles. The first-order valence-corrected chi connectivity index (χ1v) is 8.73. The normalized spacial score (nSPS) is 14.5. The van der Waals surface area contributed by atoms with Crippen LogP contribution in [0.5, 0.6) is 11.5 Å². The van der Waals surface area contributed by atoms with E-state index in [4.69, 9.17) is 9.47 Å². The number of nitrogens with one attached hydrogen (secondary N) is 1. The molecule has 1 fully saturated rings. The largest absolute Gasteiger partial charge is 0.493 e. The summed E-state index contributed by atoms with van der Waals surface area (Å²) in [5.41, 5.74) is 0.409. The molecule has 2 aromatic rings. The minimum absolute atomic E-state index is 0.139. The molecule has 0 unspecified atom stereocenters. The number of nitrogens with zero attached hydrogens (tertiary/aromatic N) is 3. The van der Waals surface area contributed by atoms with Crippen molar-refractivity contribution in [3.63, 3.8) is 0 Å². The quantitative estimate of drug-likeness (QED) is 0.813. The zero-order chi connectivity index (χ0) is 18.5. The fourth-order valence-electron chi connectivity index (χ4n) is 3.12. The molecule has 0 radical (unpaired) electrons. The maximum absolute atomic E-state index is 12.7. The molecule has 0 atom stereocenters. The van der Waals surface area contributed by atoms with Crippen molar-refractivity contribution in [2.24, 2.45) is 0 Å². The summed E-state index contributed by atoms with van der Waals surface area (Å²) in [6.45, 7) is 3.63. The number of carbonyl (C=O) groups is 1. The van der Waals surface area contributed by atoms with Gasteiger partial charge < -0.3 is 19.7 Å². The zero-order valence-corrected chi connectivity index (χ0v) is 15.2. The summed E-state index contributed by atoms with van der Waals surface area (Å²) in [6, 6.07) is 3.33. The molecular weight excluding hydrogens is 336 g/mol. The third kappa shape index (κ3) is 3.80. The number of benzene rings is 1. The van der Waals surface area contributed by atoms with Crippen LogP contribution in [-0.2, 0) is 11.3 Å². The van der Waals surface area contributed by atoms with Crippen LogP contribution < -0.4 is 20.3 Å². The van der Waals surface area contributed by atoms with Gasteiger partial charge in [0.1, 0.15) is 0 Å². The minimum atomic E-state index is -0.148. The fraction of sp³-hybridized carbons (Fsp3) is 0.500. The van der Waals surface area contributed by atoms with Crippen molar-refractivity contribution in [1.29, 1.82) is 0 Å². The van der Waals surface area contributed by atoms with Gasteiger partial charge in [-0.1, -0.05) is 0 Å². The maximum atomic E-state index is 12.7. The van der Waals surface area contributed by atoms with Crippen LogP contribution in [0, 0.1) is 0 Å². The predicted octanol–water partition coefficient (Wildman–Crippen LogP) is 0.626. The van der Waals surface area contributed by atoms with Crippen molar-refractivity contribution in [1.82, 2.24) is 19.8 Å². The molecule has 2 heterocycles. The van der Waals surface area contributed by atoms with E-state index < -0.39 is 0 Å². The van der Waals surface area contributed by atoms with E-state index in [0.717, 1.165) is 26.2 Å². The Bertz CT molecular complexity index is 843. The van der Waals surface area contributed by atoms with Gasteiger partial charge in [-0.3, -0.25) is 14.2 Å². The SMILES string of the molecule is COc1cc2ncn(CCCC(=O)N3CCNCC3)c(=O)c2cc1OC. The Morgan fingerprint density at radius 2 is 1.88 bits per heavy atom. The standard InChI is InChI=1S/C18H24N4O4/c1-25-15-10-13-14(11-16(15)26-2)20-12-22(18(13)24)7-3-4-17(23)21-8-5-19-6-9-21/h10-12,19H,3-9H2,1-2H3. The van der Waals surface area contributed by atoms with Crippen LogP contribution >= 0.6 is 0 Å². The first-order valence-electron chi connectivity index (χ1n) is 8.73. The first kappa shape index (κ1) is 18.2. The Hall–Kier alpha value is -2.61. The predicted molar refractivity (Wildman–Crippen MR) is 97.8 cm³/mol. The van der Waals surface area contributed by atoms with Gasteiger partial charge in [0, 0.05) is 45.2 Å². The Kier molecular flexibility index (Phi) is 5.72. The number of ether oxygens (including phenoxy) is 2. The Morgan fingerprint density at radius 1 is 1.19 bits per heavy atom. The molecule has 0 saturated carbocycles. The number of amides is 1. The molecule has 1 aliphatic heterocycles. The molecule has 8 nitrogen and oxygen atoms in total. The van der Waals surface area contributed by atoms with Crippen molar-refractivity contribution in [3.05, 3.63) is 28.8 Å². The lowest BCUT2D eigenvalue weighted by Crippen LogP contribution is -2.46. The molecule has 1 amide bonds. The summed E-state index contributed by atoms with van der Waals surface area (Å²) in [4.78, 5) is 31.1. The van der Waals surface area contributed by atoms with Gasteiger partial charge in [-0.05, 0) is 12.5 Å². The van der Waals surface area contributed by atoms with Gasteiger partial charge in [0.05, 0.1) is 31.4 Å². The number of aryl methyl sites for hydroxylation is 1. The highest BCUT2D eigenvalue weighted by molar-refractivity contribution is 5.81. The van der Waals surface area contributed by atoms with E-state index in [1.165, 1.54) is 13.4 Å². The Balaban J connectivity index is 1.71. The highest BCUT2D eigenvalue weighted by Gasteiger charge is 2.16. The summed E-state index contributed by atoms with van der Waals surface area (Å²) >= 11 is 0. The number of piperazine rings is 1. The molecule has 1 aromatic heterocycles. The monoisotopic (exact) mass is 360 g/mol. The topological polar surface area (TPSA) is 85.7 Å². The second-order valence-electron chi connectivity index (χ2n) is 6.20. The van der Waals surface area contributed by atoms with Crippen molar-refractivity contribution in [2.75, 3.05) is 40.4 Å². The second-order valence-corrected chi connectivity index (χ2v) is 6.20. The smallest absolute Gasteiger partial charge is 0.261 e. The number of methoxy groups -OCH3 is 2. The molecule has 0 spiro atoms. The van der Waals surface area contributed by atoms with E-state index in [1.807, 2.05) is 4.90 Å². The number of carbonyl (C=O) groups excluding carboxylic acids is 1. The number of hydrogen-bond acceptors (Lipinski definition) is 6. The van der Waals surface area contributed by atoms with Crippen LogP contribution in [0.3, 0.4) is 0 Å². The number of aromatic nitrogens is 2. The van der Waals surface area contributed by atoms with Crippen LogP contribution in [0.2, 0.25) is 0 Å². The minimum Gasteiger partial charge on any atom is -0.493 e. The van der Waals surface area contributed by atoms with E-state index in [9.17, 15) is 9.59 Å². The second kappa shape index (κ2) is 8.18. The lowest BCUT2D eigenvalue weighted by molar-refractivity contribution is -0.131. The van der Waals surface area contributed by atoms with Gasteiger partial charge in [-0.15, -0.1) is 0 Å². The molecule has 26 heavy (non-hydrogen) atoms. The van der Waals surface area contributed by atoms with Crippen LogP contribution in [0.25, 0.3) is 10.9 Å². The third-order valence-corrected chi connectivity index (χ3v) is 4.59. The molecule has 1 saturated heterocycles. The Morgan fingerprint density at radius 3 is 2.58 bits per heavy atom. The highest BCUT2D eigenvalue weighted by Crippen LogP contribution is 2.29. The van der Waals surface area contributed by atoms with Gasteiger partial charge in [0.25, 0.3) is 5.56 Å². The van der Waals surface area contributed by atoms with Crippen molar-refractivity contribution in [2.45, 2.75) is 19.4 Å². The van der Waals surface area contributed by atoms with Gasteiger partial charge in [0.15, 0.2) is 11.5 Å². The summed E-state index contributed by atoms with van der Waals surface area (Å²) in [5.74, 6) is 1.16. The third-order valence-electron chi connectivity index (χ3n) is 4.59. The number of hydrogen-bond donors (Lipinski definition) is 1. The molecule has 3 rings (SSSR count). The molecule has 8 heteroatoms. The average Bonchev–Trinajstić information content (AvgIpc) is 2.69. The maximum Gasteiger partial charge on any atom is 0.261 e. The van der Waals surface area contributed by atoms with Gasteiger partial charge in [-0.25, -0.2) is 4.98 Å². The summed E-state index contributed by atoms with van der Waals surface area (Å²) in [7, 11) is 3.07. The van der Waals surface area contributed by atoms with E-state index in [2.05, 4.69) is 10.3 Å². The van der Waals surface area contributed by atoms with E-state index >= 15 is 0 Å². The van der Waals surface area contributed by atoms with Crippen molar-refractivity contribution < 1.29 is 14.3 Å². The van der Waals surface area contributed by atoms with Crippen LogP contribution in [-0.4, -0.2) is 60.8 Å². The number of fused-ring (bicyclic) bond motifs is 1. The average molecular weight is 360 g/mol. The molecule has 0 bridgehead atoms. The summed E-state index contributed by atoms with van der Waals surface area (Å²) < 4.78 is 12.0. The van der Waals surface area contributed by atoms with Crippen LogP contribution in [0.4, 0.5) is 0 Å². The molecule has 1 aliphatic rings. The molecule has 0 aliphatic carbocycles. The van der Waals surface area contributed by atoms with Gasteiger partial charge in [0.2, 0.25) is 5.91 Å². The van der Waals surface area contributed by atoms with Gasteiger partial charge in [-0.2, -0.15) is 0 Å². The summed E-state index contributed by atoms with van der Waals surface area (Å²) in [5, 5.41) is 3.70. The lowest BCUT2D eigenvalue weighted by atomic mass is 10.2. The lowest BCUT2D eigenvalue weighted by Gasteiger charge is -2.27. The van der Waals surface area contributed by atoms with E-state index in [0.29, 0.717) is 41.8 Å². The molecule has 1 N–H and O–H groups in total. The van der Waals surface area contributed by atoms with Crippen molar-refractivity contribution in [3.8, 4) is 11.5 Å². The van der Waals surface area contributed by atoms with Crippen LogP contribution in [0.1, 0.15) is 12.8 Å².